The van der Waals surface area contributed by atoms with Gasteiger partial charge in [0.25, 0.3) is 0 Å². The number of hydrogen-bond donors (Lipinski definition) is 1. The van der Waals surface area contributed by atoms with Crippen LogP contribution in [0.5, 0.6) is 0 Å². The largest absolute Gasteiger partial charge is 0.444 e. The van der Waals surface area contributed by atoms with Gasteiger partial charge in [0, 0.05) is 19.1 Å². The molecule has 0 aromatic carbocycles. The number of piperidine rings is 1. The maximum Gasteiger partial charge on any atom is 0.410 e. The average molecular weight is 317 g/mol. The second kappa shape index (κ2) is 6.82. The summed E-state index contributed by atoms with van der Waals surface area (Å²) in [6, 6.07) is 2.01. The SMILES string of the molecule is CC1CCN(C(=O)OC(C)(C)C)CC1Nc1cnc(C#N)cn1. The van der Waals surface area contributed by atoms with E-state index in [9.17, 15) is 4.79 Å². The lowest BCUT2D eigenvalue weighted by Gasteiger charge is -2.38. The molecule has 0 aliphatic carbocycles. The third-order valence-corrected chi connectivity index (χ3v) is 3.71. The van der Waals surface area contributed by atoms with E-state index >= 15 is 0 Å². The van der Waals surface area contributed by atoms with E-state index in [4.69, 9.17) is 10.00 Å². The molecule has 0 bridgehead atoms. The fourth-order valence-corrected chi connectivity index (χ4v) is 2.40. The Kier molecular flexibility index (Phi) is 5.04. The number of hydrogen-bond acceptors (Lipinski definition) is 6. The van der Waals surface area contributed by atoms with E-state index in [2.05, 4.69) is 22.2 Å². The lowest BCUT2D eigenvalue weighted by atomic mass is 9.93. The van der Waals surface area contributed by atoms with Crippen LogP contribution in [-0.2, 0) is 4.74 Å². The van der Waals surface area contributed by atoms with Crippen LogP contribution < -0.4 is 5.32 Å². The van der Waals surface area contributed by atoms with Gasteiger partial charge in [-0.1, -0.05) is 6.92 Å². The first-order valence-corrected chi connectivity index (χ1v) is 7.75. The Bertz CT molecular complexity index is 588. The first-order valence-electron chi connectivity index (χ1n) is 7.75. The first kappa shape index (κ1) is 17.0. The number of rotatable bonds is 2. The van der Waals surface area contributed by atoms with Crippen molar-refractivity contribution in [2.45, 2.75) is 45.8 Å². The van der Waals surface area contributed by atoms with Crippen LogP contribution in [0.3, 0.4) is 0 Å². The molecule has 2 unspecified atom stereocenters. The Morgan fingerprint density at radius 1 is 1.43 bits per heavy atom. The third kappa shape index (κ3) is 4.81. The molecule has 0 spiro atoms. The molecule has 1 fully saturated rings. The number of aromatic nitrogens is 2. The molecule has 1 aromatic rings. The minimum Gasteiger partial charge on any atom is -0.444 e. The maximum absolute atomic E-state index is 12.2. The molecular weight excluding hydrogens is 294 g/mol. The van der Waals surface area contributed by atoms with E-state index < -0.39 is 5.60 Å². The van der Waals surface area contributed by atoms with Crippen LogP contribution in [0.4, 0.5) is 10.6 Å². The highest BCUT2D eigenvalue weighted by molar-refractivity contribution is 5.68. The number of carbonyl (C=O) groups is 1. The van der Waals surface area contributed by atoms with Crippen LogP contribution in [0, 0.1) is 17.2 Å². The fourth-order valence-electron chi connectivity index (χ4n) is 2.40. The maximum atomic E-state index is 12.2. The van der Waals surface area contributed by atoms with Gasteiger partial charge >= 0.3 is 6.09 Å². The highest BCUT2D eigenvalue weighted by Gasteiger charge is 2.31. The van der Waals surface area contributed by atoms with E-state index in [1.807, 2.05) is 26.8 Å². The summed E-state index contributed by atoms with van der Waals surface area (Å²) in [7, 11) is 0. The summed E-state index contributed by atoms with van der Waals surface area (Å²) >= 11 is 0. The molecule has 2 atom stereocenters. The summed E-state index contributed by atoms with van der Waals surface area (Å²) in [4.78, 5) is 22.1. The number of likely N-dealkylation sites (tertiary alicyclic amines) is 1. The van der Waals surface area contributed by atoms with Crippen molar-refractivity contribution in [2.75, 3.05) is 18.4 Å². The van der Waals surface area contributed by atoms with Crippen molar-refractivity contribution in [1.29, 1.82) is 5.26 Å². The molecule has 1 amide bonds. The van der Waals surface area contributed by atoms with Gasteiger partial charge in [-0.15, -0.1) is 0 Å². The van der Waals surface area contributed by atoms with E-state index in [-0.39, 0.29) is 17.8 Å². The quantitative estimate of drug-likeness (QED) is 0.900. The molecule has 0 saturated carbocycles. The van der Waals surface area contributed by atoms with Crippen LogP contribution in [-0.4, -0.2) is 45.7 Å². The van der Waals surface area contributed by atoms with Gasteiger partial charge in [-0.2, -0.15) is 5.26 Å². The van der Waals surface area contributed by atoms with Gasteiger partial charge in [0.1, 0.15) is 17.5 Å². The zero-order valence-corrected chi connectivity index (χ0v) is 14.0. The summed E-state index contributed by atoms with van der Waals surface area (Å²) in [6.45, 7) is 8.96. The standard InChI is InChI=1S/C16H23N5O2/c1-11-5-6-21(15(22)23-16(2,3)4)10-13(11)20-14-9-18-12(7-17)8-19-14/h8-9,11,13H,5-6,10H2,1-4H3,(H,19,20). The second-order valence-corrected chi connectivity index (χ2v) is 6.84. The highest BCUT2D eigenvalue weighted by Crippen LogP contribution is 2.22. The van der Waals surface area contributed by atoms with Crippen molar-refractivity contribution in [1.82, 2.24) is 14.9 Å². The van der Waals surface area contributed by atoms with Crippen LogP contribution >= 0.6 is 0 Å². The molecule has 1 aromatic heterocycles. The number of amides is 1. The van der Waals surface area contributed by atoms with Crippen molar-refractivity contribution in [3.05, 3.63) is 18.1 Å². The van der Waals surface area contributed by atoms with Crippen molar-refractivity contribution in [2.24, 2.45) is 5.92 Å². The topological polar surface area (TPSA) is 91.1 Å². The Morgan fingerprint density at radius 2 is 2.17 bits per heavy atom. The number of nitrogens with one attached hydrogen (secondary N) is 1. The monoisotopic (exact) mass is 317 g/mol. The molecule has 2 heterocycles. The Morgan fingerprint density at radius 3 is 2.74 bits per heavy atom. The van der Waals surface area contributed by atoms with E-state index in [0.717, 1.165) is 6.42 Å². The minimum absolute atomic E-state index is 0.0681. The smallest absolute Gasteiger partial charge is 0.410 e. The lowest BCUT2D eigenvalue weighted by Crippen LogP contribution is -2.50. The summed E-state index contributed by atoms with van der Waals surface area (Å²) in [5, 5.41) is 12.0. The molecule has 1 aliphatic heterocycles. The molecule has 1 N–H and O–H groups in total. The molecule has 1 aliphatic rings. The zero-order chi connectivity index (χ0) is 17.0. The molecule has 23 heavy (non-hydrogen) atoms. The molecule has 0 radical (unpaired) electrons. The highest BCUT2D eigenvalue weighted by atomic mass is 16.6. The summed E-state index contributed by atoms with van der Waals surface area (Å²) in [5.41, 5.74) is -0.218. The van der Waals surface area contributed by atoms with Crippen LogP contribution in [0.2, 0.25) is 0 Å². The summed E-state index contributed by atoms with van der Waals surface area (Å²) in [6.07, 6.45) is 3.57. The molecule has 7 heteroatoms. The number of carbonyl (C=O) groups excluding carboxylic acids is 1. The van der Waals surface area contributed by atoms with E-state index in [0.29, 0.717) is 24.8 Å². The van der Waals surface area contributed by atoms with Gasteiger partial charge in [-0.3, -0.25) is 0 Å². The molecule has 1 saturated heterocycles. The number of nitriles is 1. The van der Waals surface area contributed by atoms with Crippen molar-refractivity contribution < 1.29 is 9.53 Å². The average Bonchev–Trinajstić information content (AvgIpc) is 2.48. The van der Waals surface area contributed by atoms with E-state index in [1.54, 1.807) is 4.90 Å². The van der Waals surface area contributed by atoms with Crippen molar-refractivity contribution in [3.8, 4) is 6.07 Å². The zero-order valence-electron chi connectivity index (χ0n) is 14.0. The predicted octanol–water partition coefficient (Wildman–Crippen LogP) is 2.41. The van der Waals surface area contributed by atoms with Crippen molar-refractivity contribution in [3.63, 3.8) is 0 Å². The normalized spacial score (nSPS) is 21.4. The van der Waals surface area contributed by atoms with Gasteiger partial charge in [-0.05, 0) is 33.1 Å². The van der Waals surface area contributed by atoms with Gasteiger partial charge in [0.15, 0.2) is 5.69 Å². The third-order valence-electron chi connectivity index (χ3n) is 3.71. The second-order valence-electron chi connectivity index (χ2n) is 6.84. The van der Waals surface area contributed by atoms with Gasteiger partial charge in [0.2, 0.25) is 0 Å². The van der Waals surface area contributed by atoms with Gasteiger partial charge < -0.3 is 15.0 Å². The summed E-state index contributed by atoms with van der Waals surface area (Å²) in [5.74, 6) is 0.998. The van der Waals surface area contributed by atoms with E-state index in [1.165, 1.54) is 12.4 Å². The molecule has 2 rings (SSSR count). The lowest BCUT2D eigenvalue weighted by molar-refractivity contribution is 0.0176. The Labute approximate surface area is 136 Å². The van der Waals surface area contributed by atoms with Crippen LogP contribution in [0.1, 0.15) is 39.8 Å². The Balaban J connectivity index is 2.00. The number of nitrogens with zero attached hydrogens (tertiary/aromatic N) is 4. The Hall–Kier alpha value is -2.36. The predicted molar refractivity (Wildman–Crippen MR) is 85.7 cm³/mol. The van der Waals surface area contributed by atoms with Crippen molar-refractivity contribution >= 4 is 11.9 Å². The number of ether oxygens (including phenoxy) is 1. The minimum atomic E-state index is -0.498. The molecule has 7 nitrogen and oxygen atoms in total. The summed E-state index contributed by atoms with van der Waals surface area (Å²) < 4.78 is 5.44. The number of anilines is 1. The first-order chi connectivity index (χ1) is 10.8. The fraction of sp³-hybridized carbons (Fsp3) is 0.625. The van der Waals surface area contributed by atoms with Gasteiger partial charge in [0.05, 0.1) is 12.4 Å². The molecular formula is C16H23N5O2. The molecule has 124 valence electrons. The van der Waals surface area contributed by atoms with Crippen LogP contribution in [0.25, 0.3) is 0 Å². The van der Waals surface area contributed by atoms with Gasteiger partial charge in [-0.25, -0.2) is 14.8 Å². The van der Waals surface area contributed by atoms with Crippen LogP contribution in [0.15, 0.2) is 12.4 Å².